The molecule has 1 aromatic rings. The lowest BCUT2D eigenvalue weighted by Crippen LogP contribution is -2.43. The molecule has 118 valence electrons. The largest absolute Gasteiger partial charge is 0.330 e. The van der Waals surface area contributed by atoms with Crippen LogP contribution >= 0.6 is 0 Å². The topological polar surface area (TPSA) is 47.1 Å². The number of rotatable bonds is 4. The molecule has 4 nitrogen and oxygen atoms in total. The predicted molar refractivity (Wildman–Crippen MR) is 86.0 cm³/mol. The first-order valence-corrected chi connectivity index (χ1v) is 8.74. The van der Waals surface area contributed by atoms with Crippen molar-refractivity contribution in [3.05, 3.63) is 18.0 Å². The van der Waals surface area contributed by atoms with Crippen LogP contribution in [0, 0.1) is 5.92 Å². The smallest absolute Gasteiger partial charge is 0.0765 e. The van der Waals surface area contributed by atoms with Crippen LogP contribution in [-0.2, 0) is 6.54 Å². The Morgan fingerprint density at radius 2 is 2.00 bits per heavy atom. The van der Waals surface area contributed by atoms with E-state index in [-0.39, 0.29) is 0 Å². The van der Waals surface area contributed by atoms with Crippen molar-refractivity contribution >= 4 is 0 Å². The molecule has 0 amide bonds. The molecular formula is C17H30N4. The summed E-state index contributed by atoms with van der Waals surface area (Å²) >= 11 is 0. The van der Waals surface area contributed by atoms with E-state index in [1.165, 1.54) is 50.6 Å². The van der Waals surface area contributed by atoms with Crippen LogP contribution in [0.5, 0.6) is 0 Å². The fourth-order valence-corrected chi connectivity index (χ4v) is 3.89. The molecule has 0 bridgehead atoms. The quantitative estimate of drug-likeness (QED) is 0.927. The van der Waals surface area contributed by atoms with Gasteiger partial charge in [-0.25, -0.2) is 0 Å². The summed E-state index contributed by atoms with van der Waals surface area (Å²) in [6, 6.07) is 3.52. The van der Waals surface area contributed by atoms with Crippen LogP contribution in [0.3, 0.4) is 0 Å². The summed E-state index contributed by atoms with van der Waals surface area (Å²) in [5.74, 6) is 0.668. The molecule has 3 rings (SSSR count). The number of piperidine rings is 1. The average molecular weight is 290 g/mol. The van der Waals surface area contributed by atoms with Crippen LogP contribution in [0.1, 0.15) is 63.6 Å². The van der Waals surface area contributed by atoms with E-state index in [9.17, 15) is 0 Å². The van der Waals surface area contributed by atoms with Gasteiger partial charge in [0.15, 0.2) is 0 Å². The Morgan fingerprint density at radius 1 is 1.19 bits per heavy atom. The number of aromatic nitrogens is 2. The van der Waals surface area contributed by atoms with Gasteiger partial charge in [-0.2, -0.15) is 5.10 Å². The van der Waals surface area contributed by atoms with Crippen LogP contribution in [0.2, 0.25) is 0 Å². The van der Waals surface area contributed by atoms with E-state index < -0.39 is 0 Å². The molecule has 21 heavy (non-hydrogen) atoms. The van der Waals surface area contributed by atoms with Crippen molar-refractivity contribution in [3.8, 4) is 0 Å². The van der Waals surface area contributed by atoms with E-state index >= 15 is 0 Å². The molecule has 2 N–H and O–H groups in total. The molecule has 2 unspecified atom stereocenters. The first-order chi connectivity index (χ1) is 10.3. The molecule has 2 heterocycles. The van der Waals surface area contributed by atoms with E-state index in [0.29, 0.717) is 18.0 Å². The summed E-state index contributed by atoms with van der Waals surface area (Å²) in [5.41, 5.74) is 7.09. The highest BCUT2D eigenvalue weighted by Gasteiger charge is 2.25. The number of likely N-dealkylation sites (tertiary alicyclic amines) is 1. The summed E-state index contributed by atoms with van der Waals surface area (Å²) in [6.45, 7) is 5.27. The van der Waals surface area contributed by atoms with Gasteiger partial charge in [-0.3, -0.25) is 9.58 Å². The highest BCUT2D eigenvalue weighted by molar-refractivity contribution is 5.01. The van der Waals surface area contributed by atoms with Gasteiger partial charge in [0.25, 0.3) is 0 Å². The Kier molecular flexibility index (Phi) is 4.96. The van der Waals surface area contributed by atoms with Crippen molar-refractivity contribution in [2.24, 2.45) is 11.7 Å². The molecule has 1 aliphatic carbocycles. The van der Waals surface area contributed by atoms with Crippen LogP contribution in [0.15, 0.2) is 12.3 Å². The average Bonchev–Trinajstić information content (AvgIpc) is 2.99. The Hall–Kier alpha value is -0.870. The molecular weight excluding hydrogens is 260 g/mol. The molecule has 1 saturated heterocycles. The molecule has 2 fully saturated rings. The molecule has 0 aromatic carbocycles. The maximum absolute atomic E-state index is 5.86. The molecule has 1 aliphatic heterocycles. The molecule has 2 atom stereocenters. The third-order valence-corrected chi connectivity index (χ3v) is 5.42. The number of hydrogen-bond acceptors (Lipinski definition) is 3. The highest BCUT2D eigenvalue weighted by atomic mass is 15.3. The Labute approximate surface area is 128 Å². The fourth-order valence-electron chi connectivity index (χ4n) is 3.89. The van der Waals surface area contributed by atoms with Gasteiger partial charge in [-0.05, 0) is 51.1 Å². The minimum Gasteiger partial charge on any atom is -0.330 e. The molecule has 0 spiro atoms. The van der Waals surface area contributed by atoms with Crippen LogP contribution in [0.25, 0.3) is 0 Å². The maximum atomic E-state index is 5.86. The summed E-state index contributed by atoms with van der Waals surface area (Å²) in [5, 5.41) is 4.86. The lowest BCUT2D eigenvalue weighted by Gasteiger charge is -2.37. The van der Waals surface area contributed by atoms with Crippen molar-refractivity contribution in [1.29, 1.82) is 0 Å². The van der Waals surface area contributed by atoms with Crippen LogP contribution < -0.4 is 5.73 Å². The van der Waals surface area contributed by atoms with E-state index in [1.54, 1.807) is 0 Å². The number of hydrogen-bond donors (Lipinski definition) is 1. The predicted octanol–water partition coefficient (Wildman–Crippen LogP) is 2.95. The zero-order chi connectivity index (χ0) is 14.7. The van der Waals surface area contributed by atoms with Gasteiger partial charge >= 0.3 is 0 Å². The zero-order valence-electron chi connectivity index (χ0n) is 13.4. The molecule has 1 aromatic heterocycles. The zero-order valence-corrected chi connectivity index (χ0v) is 13.4. The molecule has 4 heteroatoms. The second-order valence-corrected chi connectivity index (χ2v) is 7.04. The summed E-state index contributed by atoms with van der Waals surface area (Å²) in [7, 11) is 0. The van der Waals surface area contributed by atoms with Gasteiger partial charge in [0, 0.05) is 25.3 Å². The normalized spacial score (nSPS) is 28.9. The minimum atomic E-state index is 0.642. The summed E-state index contributed by atoms with van der Waals surface area (Å²) in [4.78, 5) is 2.56. The lowest BCUT2D eigenvalue weighted by molar-refractivity contribution is 0.111. The second kappa shape index (κ2) is 6.93. The van der Waals surface area contributed by atoms with Crippen molar-refractivity contribution in [3.63, 3.8) is 0 Å². The number of nitrogens with zero attached hydrogens (tertiary/aromatic N) is 3. The van der Waals surface area contributed by atoms with Gasteiger partial charge < -0.3 is 5.73 Å². The molecule has 1 saturated carbocycles. The van der Waals surface area contributed by atoms with Crippen molar-refractivity contribution in [2.75, 3.05) is 13.1 Å². The fraction of sp³-hybridized carbons (Fsp3) is 0.824. The Morgan fingerprint density at radius 3 is 2.76 bits per heavy atom. The van der Waals surface area contributed by atoms with Crippen LogP contribution in [0.4, 0.5) is 0 Å². The Balaban J connectivity index is 1.60. The monoisotopic (exact) mass is 290 g/mol. The highest BCUT2D eigenvalue weighted by Crippen LogP contribution is 2.28. The minimum absolute atomic E-state index is 0.642. The SMILES string of the molecule is CC1CCC(CN)CN1Cc1ccn(C2CCCCC2)n1. The lowest BCUT2D eigenvalue weighted by atomic mass is 9.93. The van der Waals surface area contributed by atoms with Crippen molar-refractivity contribution in [1.82, 2.24) is 14.7 Å². The van der Waals surface area contributed by atoms with E-state index in [1.807, 2.05) is 0 Å². The molecule has 0 radical (unpaired) electrons. The van der Waals surface area contributed by atoms with E-state index in [4.69, 9.17) is 10.8 Å². The number of nitrogens with two attached hydrogens (primary N) is 1. The summed E-state index contributed by atoms with van der Waals surface area (Å²) in [6.07, 6.45) is 11.5. The van der Waals surface area contributed by atoms with Crippen molar-refractivity contribution < 1.29 is 0 Å². The first kappa shape index (κ1) is 15.0. The van der Waals surface area contributed by atoms with E-state index in [2.05, 4.69) is 28.8 Å². The Bertz CT molecular complexity index is 436. The standard InChI is InChI=1S/C17H30N4/c1-14-7-8-15(11-18)12-20(14)13-16-9-10-21(19-16)17-5-3-2-4-6-17/h9-10,14-15,17H,2-8,11-13,18H2,1H3. The van der Waals surface area contributed by atoms with E-state index in [0.717, 1.165) is 19.6 Å². The third-order valence-electron chi connectivity index (χ3n) is 5.42. The maximum Gasteiger partial charge on any atom is 0.0765 e. The van der Waals surface area contributed by atoms with Gasteiger partial charge in [0.05, 0.1) is 11.7 Å². The molecule has 2 aliphatic rings. The second-order valence-electron chi connectivity index (χ2n) is 7.04. The van der Waals surface area contributed by atoms with Gasteiger partial charge in [0.1, 0.15) is 0 Å². The first-order valence-electron chi connectivity index (χ1n) is 8.74. The van der Waals surface area contributed by atoms with Gasteiger partial charge in [-0.15, -0.1) is 0 Å². The van der Waals surface area contributed by atoms with Crippen molar-refractivity contribution in [2.45, 2.75) is 70.5 Å². The van der Waals surface area contributed by atoms with Gasteiger partial charge in [0.2, 0.25) is 0 Å². The van der Waals surface area contributed by atoms with Gasteiger partial charge in [-0.1, -0.05) is 19.3 Å². The summed E-state index contributed by atoms with van der Waals surface area (Å²) < 4.78 is 2.23. The third kappa shape index (κ3) is 3.67. The van der Waals surface area contributed by atoms with Crippen LogP contribution in [-0.4, -0.2) is 33.8 Å².